The minimum Gasteiger partial charge on any atom is -0.344 e. The molecule has 2 aromatic rings. The van der Waals surface area contributed by atoms with Crippen molar-refractivity contribution in [3.05, 3.63) is 59.9 Å². The van der Waals surface area contributed by atoms with Crippen molar-refractivity contribution in [1.82, 2.24) is 15.6 Å². The van der Waals surface area contributed by atoms with Gasteiger partial charge in [-0.2, -0.15) is 0 Å². The Morgan fingerprint density at radius 3 is 2.65 bits per heavy atom. The lowest BCUT2D eigenvalue weighted by Gasteiger charge is -2.16. The average Bonchev–Trinajstić information content (AvgIpc) is 3.02. The Bertz CT molecular complexity index is 700. The summed E-state index contributed by atoms with van der Waals surface area (Å²) in [6, 6.07) is 12.3. The third-order valence-electron chi connectivity index (χ3n) is 3.78. The summed E-state index contributed by atoms with van der Waals surface area (Å²) in [4.78, 5) is 29.8. The molecule has 0 saturated carbocycles. The Hall–Kier alpha value is -2.89. The summed E-state index contributed by atoms with van der Waals surface area (Å²) in [6.45, 7) is 3.17. The number of hydrogen-bond acceptors (Lipinski definition) is 3. The highest BCUT2D eigenvalue weighted by Gasteiger charge is 2.21. The topological polar surface area (TPSA) is 74.3 Å². The van der Waals surface area contributed by atoms with Crippen LogP contribution < -0.4 is 15.5 Å². The van der Waals surface area contributed by atoms with E-state index in [2.05, 4.69) is 15.6 Å². The lowest BCUT2D eigenvalue weighted by atomic mass is 10.1. The fourth-order valence-corrected chi connectivity index (χ4v) is 2.50. The number of pyridine rings is 1. The number of nitrogens with one attached hydrogen (secondary N) is 2. The van der Waals surface area contributed by atoms with Crippen molar-refractivity contribution in [2.24, 2.45) is 0 Å². The van der Waals surface area contributed by atoms with Crippen molar-refractivity contribution >= 4 is 17.6 Å². The average molecular weight is 310 g/mol. The van der Waals surface area contributed by atoms with Crippen LogP contribution in [0.5, 0.6) is 0 Å². The molecule has 0 radical (unpaired) electrons. The van der Waals surface area contributed by atoms with Crippen LogP contribution >= 0.6 is 0 Å². The summed E-state index contributed by atoms with van der Waals surface area (Å²) in [6.07, 6.45) is 1.70. The van der Waals surface area contributed by atoms with Gasteiger partial charge in [0.25, 0.3) is 5.91 Å². The molecule has 1 aliphatic heterocycles. The summed E-state index contributed by atoms with van der Waals surface area (Å²) in [5.74, 6) is -0.166. The van der Waals surface area contributed by atoms with Gasteiger partial charge in [-0.25, -0.2) is 4.79 Å². The van der Waals surface area contributed by atoms with Crippen LogP contribution in [0.3, 0.4) is 0 Å². The van der Waals surface area contributed by atoms with Gasteiger partial charge in [0.2, 0.25) is 0 Å². The maximum absolute atomic E-state index is 12.3. The predicted octanol–water partition coefficient (Wildman–Crippen LogP) is 2.10. The highest BCUT2D eigenvalue weighted by atomic mass is 16.2. The third-order valence-corrected chi connectivity index (χ3v) is 3.78. The minimum absolute atomic E-state index is 0.106. The first-order chi connectivity index (χ1) is 11.1. The quantitative estimate of drug-likeness (QED) is 0.908. The van der Waals surface area contributed by atoms with Gasteiger partial charge in [-0.05, 0) is 43.3 Å². The number of benzene rings is 1. The van der Waals surface area contributed by atoms with Crippen LogP contribution in [0.1, 0.15) is 29.0 Å². The molecule has 0 spiro atoms. The first-order valence-corrected chi connectivity index (χ1v) is 7.52. The number of urea groups is 1. The minimum atomic E-state index is -0.173. The molecule has 1 atom stereocenters. The molecule has 6 heteroatoms. The molecule has 1 aromatic carbocycles. The van der Waals surface area contributed by atoms with Gasteiger partial charge in [0, 0.05) is 30.5 Å². The monoisotopic (exact) mass is 310 g/mol. The van der Waals surface area contributed by atoms with E-state index in [-0.39, 0.29) is 18.0 Å². The van der Waals surface area contributed by atoms with E-state index >= 15 is 0 Å². The Balaban J connectivity index is 1.67. The summed E-state index contributed by atoms with van der Waals surface area (Å²) >= 11 is 0. The van der Waals surface area contributed by atoms with Gasteiger partial charge in [-0.3, -0.25) is 14.7 Å². The maximum atomic E-state index is 12.3. The number of hydrogen-bond donors (Lipinski definition) is 2. The molecule has 1 fully saturated rings. The van der Waals surface area contributed by atoms with E-state index in [0.29, 0.717) is 18.7 Å². The maximum Gasteiger partial charge on any atom is 0.321 e. The van der Waals surface area contributed by atoms with Gasteiger partial charge < -0.3 is 10.6 Å². The van der Waals surface area contributed by atoms with Crippen molar-refractivity contribution in [1.29, 1.82) is 0 Å². The second kappa shape index (κ2) is 6.48. The van der Waals surface area contributed by atoms with Crippen LogP contribution in [0.25, 0.3) is 0 Å². The highest BCUT2D eigenvalue weighted by Crippen LogP contribution is 2.18. The first kappa shape index (κ1) is 15.0. The molecule has 6 nitrogen and oxygen atoms in total. The zero-order valence-corrected chi connectivity index (χ0v) is 12.8. The highest BCUT2D eigenvalue weighted by molar-refractivity contribution is 5.97. The predicted molar refractivity (Wildman–Crippen MR) is 87.3 cm³/mol. The summed E-state index contributed by atoms with van der Waals surface area (Å²) in [5.41, 5.74) is 2.15. The smallest absolute Gasteiger partial charge is 0.321 e. The number of anilines is 1. The Morgan fingerprint density at radius 2 is 2.04 bits per heavy atom. The van der Waals surface area contributed by atoms with Crippen LogP contribution in [0, 0.1) is 0 Å². The van der Waals surface area contributed by atoms with Gasteiger partial charge in [-0.1, -0.05) is 6.07 Å². The van der Waals surface area contributed by atoms with Gasteiger partial charge in [0.15, 0.2) is 0 Å². The lowest BCUT2D eigenvalue weighted by Crippen LogP contribution is -2.28. The number of nitrogens with zero attached hydrogens (tertiary/aromatic N) is 2. The van der Waals surface area contributed by atoms with E-state index in [4.69, 9.17) is 0 Å². The second-order valence-corrected chi connectivity index (χ2v) is 5.38. The van der Waals surface area contributed by atoms with Crippen molar-refractivity contribution in [2.75, 3.05) is 18.0 Å². The van der Waals surface area contributed by atoms with Crippen molar-refractivity contribution in [3.63, 3.8) is 0 Å². The third kappa shape index (κ3) is 3.31. The van der Waals surface area contributed by atoms with Crippen molar-refractivity contribution in [2.45, 2.75) is 13.0 Å². The number of carbonyl (C=O) groups is 2. The van der Waals surface area contributed by atoms with Crippen LogP contribution in [-0.4, -0.2) is 30.0 Å². The fraction of sp³-hybridized carbons (Fsp3) is 0.235. The normalized spacial score (nSPS) is 15.2. The Kier molecular flexibility index (Phi) is 4.23. The molecule has 3 amide bonds. The number of amides is 3. The summed E-state index contributed by atoms with van der Waals surface area (Å²) < 4.78 is 0. The molecule has 118 valence electrons. The molecule has 0 aliphatic carbocycles. The van der Waals surface area contributed by atoms with E-state index in [1.54, 1.807) is 35.4 Å². The van der Waals surface area contributed by atoms with Crippen LogP contribution in [0.15, 0.2) is 48.7 Å². The van der Waals surface area contributed by atoms with Gasteiger partial charge in [-0.15, -0.1) is 0 Å². The molecule has 2 heterocycles. The first-order valence-electron chi connectivity index (χ1n) is 7.52. The fourth-order valence-electron chi connectivity index (χ4n) is 2.50. The molecule has 1 saturated heterocycles. The van der Waals surface area contributed by atoms with Crippen molar-refractivity contribution < 1.29 is 9.59 Å². The van der Waals surface area contributed by atoms with Crippen LogP contribution in [0.2, 0.25) is 0 Å². The van der Waals surface area contributed by atoms with Gasteiger partial charge in [0.1, 0.15) is 0 Å². The molecule has 0 unspecified atom stereocenters. The molecular weight excluding hydrogens is 292 g/mol. The molecule has 2 N–H and O–H groups in total. The summed E-state index contributed by atoms with van der Waals surface area (Å²) in [5, 5.41) is 5.67. The SMILES string of the molecule is C[C@@H](NC(=O)c1ccc(N2CCNC2=O)cc1)c1ccccn1. The van der Waals surface area contributed by atoms with Crippen molar-refractivity contribution in [3.8, 4) is 0 Å². The second-order valence-electron chi connectivity index (χ2n) is 5.38. The molecular formula is C17H18N4O2. The zero-order valence-electron chi connectivity index (χ0n) is 12.8. The van der Waals surface area contributed by atoms with Gasteiger partial charge in [0.05, 0.1) is 11.7 Å². The molecule has 23 heavy (non-hydrogen) atoms. The number of aromatic nitrogens is 1. The molecule has 3 rings (SSSR count). The Labute approximate surface area is 134 Å². The molecule has 1 aliphatic rings. The van der Waals surface area contributed by atoms with E-state index in [0.717, 1.165) is 11.4 Å². The zero-order chi connectivity index (χ0) is 16.2. The number of rotatable bonds is 4. The van der Waals surface area contributed by atoms with Gasteiger partial charge >= 0.3 is 6.03 Å². The van der Waals surface area contributed by atoms with E-state index in [1.165, 1.54) is 0 Å². The summed E-state index contributed by atoms with van der Waals surface area (Å²) in [7, 11) is 0. The van der Waals surface area contributed by atoms with E-state index in [1.807, 2.05) is 25.1 Å². The largest absolute Gasteiger partial charge is 0.344 e. The van der Waals surface area contributed by atoms with Crippen LogP contribution in [0.4, 0.5) is 10.5 Å². The molecule has 1 aromatic heterocycles. The Morgan fingerprint density at radius 1 is 1.26 bits per heavy atom. The standard InChI is InChI=1S/C17H18N4O2/c1-12(15-4-2-3-9-18-15)20-16(22)13-5-7-14(8-6-13)21-11-10-19-17(21)23/h2-9,12H,10-11H2,1H3,(H,19,23)(H,20,22)/t12-/m1/s1. The van der Waals surface area contributed by atoms with E-state index < -0.39 is 0 Å². The molecule has 0 bridgehead atoms. The van der Waals surface area contributed by atoms with Crippen LogP contribution in [-0.2, 0) is 0 Å². The van der Waals surface area contributed by atoms with E-state index in [9.17, 15) is 9.59 Å². The number of carbonyl (C=O) groups excluding carboxylic acids is 2. The lowest BCUT2D eigenvalue weighted by molar-refractivity contribution is 0.0939.